The largest absolute Gasteiger partial charge is 0.553 e. The molecule has 0 fully saturated rings. The monoisotopic (exact) mass is 164 g/mol. The SMILES string of the molecule is C=C(C)O[SiH2]CCCCl. The maximum Gasteiger partial charge on any atom is 0.219 e. The lowest BCUT2D eigenvalue weighted by Crippen LogP contribution is -1.95. The molecule has 9 heavy (non-hydrogen) atoms. The van der Waals surface area contributed by atoms with Crippen LogP contribution in [0.2, 0.25) is 6.04 Å². The van der Waals surface area contributed by atoms with Crippen LogP contribution in [0.3, 0.4) is 0 Å². The number of hydrogen-bond acceptors (Lipinski definition) is 1. The van der Waals surface area contributed by atoms with Crippen molar-refractivity contribution in [2.75, 3.05) is 5.88 Å². The van der Waals surface area contributed by atoms with Gasteiger partial charge < -0.3 is 4.43 Å². The van der Waals surface area contributed by atoms with E-state index in [1.165, 1.54) is 0 Å². The molecule has 0 radical (unpaired) electrons. The van der Waals surface area contributed by atoms with Gasteiger partial charge >= 0.3 is 0 Å². The minimum absolute atomic E-state index is 0.331. The molecule has 0 N–H and O–H groups in total. The molecule has 0 bridgehead atoms. The van der Waals surface area contributed by atoms with Crippen LogP contribution in [-0.4, -0.2) is 15.6 Å². The molecule has 3 heteroatoms. The fraction of sp³-hybridized carbons (Fsp3) is 0.667. The van der Waals surface area contributed by atoms with Crippen molar-refractivity contribution in [1.82, 2.24) is 0 Å². The summed E-state index contributed by atoms with van der Waals surface area (Å²) in [5, 5.41) is 0. The van der Waals surface area contributed by atoms with Gasteiger partial charge in [-0.3, -0.25) is 0 Å². The van der Waals surface area contributed by atoms with Crippen LogP contribution in [0, 0.1) is 0 Å². The Morgan fingerprint density at radius 2 is 2.44 bits per heavy atom. The van der Waals surface area contributed by atoms with Crippen molar-refractivity contribution in [3.05, 3.63) is 12.3 Å². The van der Waals surface area contributed by atoms with Gasteiger partial charge in [0.05, 0.1) is 5.76 Å². The molecule has 0 aromatic rings. The highest BCUT2D eigenvalue weighted by atomic mass is 35.5. The van der Waals surface area contributed by atoms with E-state index in [1.54, 1.807) is 0 Å². The number of halogens is 1. The van der Waals surface area contributed by atoms with Crippen molar-refractivity contribution in [3.8, 4) is 0 Å². The summed E-state index contributed by atoms with van der Waals surface area (Å²) in [5.41, 5.74) is 0. The Kier molecular flexibility index (Phi) is 6.20. The predicted octanol–water partition coefficient (Wildman–Crippen LogP) is 1.67. The van der Waals surface area contributed by atoms with Crippen molar-refractivity contribution in [3.63, 3.8) is 0 Å². The molecule has 54 valence electrons. The third-order valence-electron chi connectivity index (χ3n) is 0.876. The van der Waals surface area contributed by atoms with Crippen LogP contribution < -0.4 is 0 Å². The summed E-state index contributed by atoms with van der Waals surface area (Å²) in [6.07, 6.45) is 1.08. The van der Waals surface area contributed by atoms with E-state index in [4.69, 9.17) is 16.0 Å². The Labute approximate surface area is 64.0 Å². The van der Waals surface area contributed by atoms with Crippen molar-refractivity contribution < 1.29 is 4.43 Å². The average molecular weight is 165 g/mol. The van der Waals surface area contributed by atoms with Crippen LogP contribution in [0.5, 0.6) is 0 Å². The van der Waals surface area contributed by atoms with Gasteiger partial charge in [0.15, 0.2) is 0 Å². The second-order valence-corrected chi connectivity index (χ2v) is 3.73. The Balaban J connectivity index is 2.83. The topological polar surface area (TPSA) is 9.23 Å². The van der Waals surface area contributed by atoms with E-state index in [1.807, 2.05) is 6.92 Å². The maximum atomic E-state index is 5.46. The molecule has 0 saturated carbocycles. The summed E-state index contributed by atoms with van der Waals surface area (Å²) in [5.74, 6) is 1.60. The molecule has 0 aromatic heterocycles. The number of rotatable bonds is 5. The van der Waals surface area contributed by atoms with E-state index in [-0.39, 0.29) is 9.76 Å². The second-order valence-electron chi connectivity index (χ2n) is 1.95. The summed E-state index contributed by atoms with van der Waals surface area (Å²) in [4.78, 5) is 0. The van der Waals surface area contributed by atoms with E-state index < -0.39 is 0 Å². The lowest BCUT2D eigenvalue weighted by atomic mass is 10.6. The van der Waals surface area contributed by atoms with Gasteiger partial charge in [-0.25, -0.2) is 0 Å². The Morgan fingerprint density at radius 1 is 1.78 bits per heavy atom. The van der Waals surface area contributed by atoms with E-state index in [9.17, 15) is 0 Å². The van der Waals surface area contributed by atoms with Crippen LogP contribution in [0.15, 0.2) is 12.3 Å². The Bertz CT molecular complexity index is 85.1. The standard InChI is InChI=1S/C6H13ClOSi/c1-6(2)8-9-5-3-4-7/h1,3-5,9H2,2H3. The summed E-state index contributed by atoms with van der Waals surface area (Å²) in [6.45, 7) is 5.51. The van der Waals surface area contributed by atoms with Gasteiger partial charge in [-0.2, -0.15) is 0 Å². The zero-order chi connectivity index (χ0) is 7.11. The number of allylic oxidation sites excluding steroid dienone is 1. The molecule has 0 saturated heterocycles. The minimum Gasteiger partial charge on any atom is -0.553 e. The molecule has 0 rings (SSSR count). The van der Waals surface area contributed by atoms with Crippen molar-refractivity contribution in [2.24, 2.45) is 0 Å². The molecule has 0 spiro atoms. The van der Waals surface area contributed by atoms with Crippen LogP contribution in [0.25, 0.3) is 0 Å². The molecule has 0 unspecified atom stereocenters. The summed E-state index contributed by atoms with van der Waals surface area (Å²) < 4.78 is 5.23. The molecule has 0 aliphatic carbocycles. The Hall–Kier alpha value is 0.0469. The van der Waals surface area contributed by atoms with E-state index >= 15 is 0 Å². The van der Waals surface area contributed by atoms with Gasteiger partial charge in [0.2, 0.25) is 9.76 Å². The second kappa shape index (κ2) is 6.17. The molecule has 0 heterocycles. The minimum atomic E-state index is -0.331. The first kappa shape index (κ1) is 9.05. The third-order valence-corrected chi connectivity index (χ3v) is 2.63. The highest BCUT2D eigenvalue weighted by Gasteiger charge is 1.88. The van der Waals surface area contributed by atoms with Crippen LogP contribution >= 0.6 is 11.6 Å². The lowest BCUT2D eigenvalue weighted by Gasteiger charge is -2.01. The molecule has 1 nitrogen and oxygen atoms in total. The smallest absolute Gasteiger partial charge is 0.219 e. The molecule has 0 aromatic carbocycles. The lowest BCUT2D eigenvalue weighted by molar-refractivity contribution is 0.456. The van der Waals surface area contributed by atoms with Crippen molar-refractivity contribution >= 4 is 21.4 Å². The molecular formula is C6H13ClOSi. The van der Waals surface area contributed by atoms with Crippen LogP contribution in [0.4, 0.5) is 0 Å². The van der Waals surface area contributed by atoms with Gasteiger partial charge in [-0.15, -0.1) is 11.6 Å². The fourth-order valence-corrected chi connectivity index (χ4v) is 1.90. The fourth-order valence-electron chi connectivity index (χ4n) is 0.443. The zero-order valence-electron chi connectivity index (χ0n) is 5.82. The first-order valence-electron chi connectivity index (χ1n) is 3.11. The molecule has 0 aliphatic rings. The highest BCUT2D eigenvalue weighted by molar-refractivity contribution is 6.27. The summed E-state index contributed by atoms with van der Waals surface area (Å²) >= 11 is 5.46. The van der Waals surface area contributed by atoms with E-state index in [0.29, 0.717) is 0 Å². The Morgan fingerprint density at radius 3 is 2.89 bits per heavy atom. The van der Waals surface area contributed by atoms with Crippen LogP contribution in [0.1, 0.15) is 13.3 Å². The molecule has 0 amide bonds. The molecule has 0 aliphatic heterocycles. The zero-order valence-corrected chi connectivity index (χ0v) is 7.99. The van der Waals surface area contributed by atoms with Gasteiger partial charge in [0.25, 0.3) is 0 Å². The molecule has 0 atom stereocenters. The quantitative estimate of drug-likeness (QED) is 0.260. The average Bonchev–Trinajstić information content (AvgIpc) is 1.80. The van der Waals surface area contributed by atoms with E-state index in [2.05, 4.69) is 6.58 Å². The number of alkyl halides is 1. The first-order valence-corrected chi connectivity index (χ1v) is 5.23. The van der Waals surface area contributed by atoms with Gasteiger partial charge in [0, 0.05) is 5.88 Å². The van der Waals surface area contributed by atoms with Crippen LogP contribution in [-0.2, 0) is 4.43 Å². The third kappa shape index (κ3) is 8.05. The maximum absolute atomic E-state index is 5.46. The molecular weight excluding hydrogens is 152 g/mol. The first-order chi connectivity index (χ1) is 4.27. The van der Waals surface area contributed by atoms with E-state index in [0.717, 1.165) is 24.1 Å². The highest BCUT2D eigenvalue weighted by Crippen LogP contribution is 1.95. The summed E-state index contributed by atoms with van der Waals surface area (Å²) in [6, 6.07) is 1.16. The van der Waals surface area contributed by atoms with Crippen molar-refractivity contribution in [2.45, 2.75) is 19.4 Å². The predicted molar refractivity (Wildman–Crippen MR) is 44.6 cm³/mol. The van der Waals surface area contributed by atoms with Gasteiger partial charge in [-0.05, 0) is 19.4 Å². The van der Waals surface area contributed by atoms with Gasteiger partial charge in [-0.1, -0.05) is 6.58 Å². The number of hydrogen-bond donors (Lipinski definition) is 0. The van der Waals surface area contributed by atoms with Gasteiger partial charge in [0.1, 0.15) is 0 Å². The summed E-state index contributed by atoms with van der Waals surface area (Å²) in [7, 11) is -0.331. The van der Waals surface area contributed by atoms with Crippen molar-refractivity contribution in [1.29, 1.82) is 0 Å². The normalized spacial score (nSPS) is 10.4.